The highest BCUT2D eigenvalue weighted by Crippen LogP contribution is 2.07. The summed E-state index contributed by atoms with van der Waals surface area (Å²) < 4.78 is 10.1. The molecule has 2 unspecified atom stereocenters. The van der Waals surface area contributed by atoms with Gasteiger partial charge in [-0.1, -0.05) is 13.8 Å². The first-order valence-corrected chi connectivity index (χ1v) is 6.93. The molecule has 0 aromatic rings. The number of esters is 2. The molecule has 2 atom stereocenters. The van der Waals surface area contributed by atoms with E-state index in [0.29, 0.717) is 25.4 Å². The molecule has 0 fully saturated rings. The van der Waals surface area contributed by atoms with Crippen molar-refractivity contribution in [3.05, 3.63) is 0 Å². The Bertz CT molecular complexity index is 279. The standard InChI is InChI=1S/C14H27NO4/c1-6-18-14(17)9-15-11(4)8-12(5)19-13(16)7-10(2)3/h10-12,15H,6-9H2,1-5H3. The second-order valence-corrected chi connectivity index (χ2v) is 5.22. The van der Waals surface area contributed by atoms with Crippen molar-refractivity contribution < 1.29 is 19.1 Å². The average molecular weight is 273 g/mol. The van der Waals surface area contributed by atoms with Crippen LogP contribution in [0.25, 0.3) is 0 Å². The van der Waals surface area contributed by atoms with E-state index in [-0.39, 0.29) is 30.6 Å². The van der Waals surface area contributed by atoms with Crippen LogP contribution in [0, 0.1) is 5.92 Å². The third kappa shape index (κ3) is 10.5. The highest BCUT2D eigenvalue weighted by Gasteiger charge is 2.15. The summed E-state index contributed by atoms with van der Waals surface area (Å²) >= 11 is 0. The predicted octanol–water partition coefficient (Wildman–Crippen LogP) is 1.90. The van der Waals surface area contributed by atoms with Crippen LogP contribution in [-0.2, 0) is 19.1 Å². The van der Waals surface area contributed by atoms with E-state index in [9.17, 15) is 9.59 Å². The Kier molecular flexibility index (Phi) is 9.21. The van der Waals surface area contributed by atoms with Crippen LogP contribution >= 0.6 is 0 Å². The molecule has 0 aliphatic heterocycles. The normalized spacial score (nSPS) is 14.0. The summed E-state index contributed by atoms with van der Waals surface area (Å²) in [6.45, 7) is 10.1. The van der Waals surface area contributed by atoms with E-state index < -0.39 is 0 Å². The molecule has 19 heavy (non-hydrogen) atoms. The second-order valence-electron chi connectivity index (χ2n) is 5.22. The summed E-state index contributed by atoms with van der Waals surface area (Å²) in [5, 5.41) is 3.05. The number of nitrogens with one attached hydrogen (secondary N) is 1. The third-order valence-electron chi connectivity index (χ3n) is 2.49. The third-order valence-corrected chi connectivity index (χ3v) is 2.49. The van der Waals surface area contributed by atoms with Crippen molar-refractivity contribution in [2.45, 2.75) is 59.6 Å². The molecule has 0 rings (SSSR count). The lowest BCUT2D eigenvalue weighted by Gasteiger charge is -2.19. The van der Waals surface area contributed by atoms with Gasteiger partial charge in [-0.2, -0.15) is 0 Å². The lowest BCUT2D eigenvalue weighted by atomic mass is 10.1. The van der Waals surface area contributed by atoms with Crippen LogP contribution in [-0.4, -0.2) is 37.2 Å². The van der Waals surface area contributed by atoms with Gasteiger partial charge in [0.15, 0.2) is 0 Å². The molecule has 0 aliphatic carbocycles. The van der Waals surface area contributed by atoms with E-state index in [1.165, 1.54) is 0 Å². The van der Waals surface area contributed by atoms with Crippen LogP contribution in [0.3, 0.4) is 0 Å². The van der Waals surface area contributed by atoms with Gasteiger partial charge in [0.05, 0.1) is 13.2 Å². The van der Waals surface area contributed by atoms with E-state index >= 15 is 0 Å². The van der Waals surface area contributed by atoms with E-state index in [2.05, 4.69) is 5.32 Å². The van der Waals surface area contributed by atoms with Crippen molar-refractivity contribution in [3.8, 4) is 0 Å². The van der Waals surface area contributed by atoms with E-state index in [1.807, 2.05) is 27.7 Å². The van der Waals surface area contributed by atoms with Gasteiger partial charge in [-0.3, -0.25) is 9.59 Å². The number of hydrogen-bond donors (Lipinski definition) is 1. The number of carbonyl (C=O) groups excluding carboxylic acids is 2. The van der Waals surface area contributed by atoms with Crippen molar-refractivity contribution in [3.63, 3.8) is 0 Å². The highest BCUT2D eigenvalue weighted by atomic mass is 16.5. The van der Waals surface area contributed by atoms with Gasteiger partial charge >= 0.3 is 11.9 Å². The van der Waals surface area contributed by atoms with Crippen molar-refractivity contribution in [1.82, 2.24) is 5.32 Å². The SMILES string of the molecule is CCOC(=O)CNC(C)CC(C)OC(=O)CC(C)C. The van der Waals surface area contributed by atoms with Gasteiger partial charge in [0.1, 0.15) is 6.10 Å². The minimum Gasteiger partial charge on any atom is -0.465 e. The van der Waals surface area contributed by atoms with Crippen molar-refractivity contribution in [1.29, 1.82) is 0 Å². The quantitative estimate of drug-likeness (QED) is 0.650. The first kappa shape index (κ1) is 17.9. The van der Waals surface area contributed by atoms with Gasteiger partial charge in [0.2, 0.25) is 0 Å². The molecule has 0 aromatic carbocycles. The molecule has 0 spiro atoms. The second kappa shape index (κ2) is 9.78. The zero-order chi connectivity index (χ0) is 14.8. The summed E-state index contributed by atoms with van der Waals surface area (Å²) in [5.74, 6) is -0.127. The van der Waals surface area contributed by atoms with Gasteiger partial charge in [-0.15, -0.1) is 0 Å². The zero-order valence-electron chi connectivity index (χ0n) is 12.7. The summed E-state index contributed by atoms with van der Waals surface area (Å²) in [6, 6.07) is 0.0891. The van der Waals surface area contributed by atoms with Crippen LogP contribution in [0.1, 0.15) is 47.5 Å². The number of carbonyl (C=O) groups is 2. The van der Waals surface area contributed by atoms with Gasteiger partial charge in [0, 0.05) is 12.5 Å². The predicted molar refractivity (Wildman–Crippen MR) is 73.7 cm³/mol. The molecule has 0 heterocycles. The van der Waals surface area contributed by atoms with Crippen LogP contribution in [0.2, 0.25) is 0 Å². The molecule has 0 aliphatic rings. The van der Waals surface area contributed by atoms with Crippen LogP contribution in [0.4, 0.5) is 0 Å². The minimum absolute atomic E-state index is 0.0891. The zero-order valence-corrected chi connectivity index (χ0v) is 12.7. The summed E-state index contributed by atoms with van der Waals surface area (Å²) in [4.78, 5) is 22.6. The Morgan fingerprint density at radius 3 is 2.26 bits per heavy atom. The largest absolute Gasteiger partial charge is 0.465 e. The monoisotopic (exact) mass is 273 g/mol. The van der Waals surface area contributed by atoms with Gasteiger partial charge in [-0.05, 0) is 33.1 Å². The molecule has 0 saturated carbocycles. The molecule has 0 amide bonds. The van der Waals surface area contributed by atoms with Gasteiger partial charge < -0.3 is 14.8 Å². The smallest absolute Gasteiger partial charge is 0.319 e. The van der Waals surface area contributed by atoms with Gasteiger partial charge in [-0.25, -0.2) is 0 Å². The molecule has 5 heteroatoms. The maximum absolute atomic E-state index is 11.5. The first-order valence-electron chi connectivity index (χ1n) is 6.93. The summed E-state index contributed by atoms with van der Waals surface area (Å²) in [7, 11) is 0. The molecule has 0 radical (unpaired) electrons. The van der Waals surface area contributed by atoms with Crippen molar-refractivity contribution in [2.24, 2.45) is 5.92 Å². The maximum Gasteiger partial charge on any atom is 0.319 e. The Labute approximate surface area is 116 Å². The maximum atomic E-state index is 11.5. The molecule has 5 nitrogen and oxygen atoms in total. The fourth-order valence-electron chi connectivity index (χ4n) is 1.70. The molecule has 112 valence electrons. The van der Waals surface area contributed by atoms with Crippen LogP contribution in [0.5, 0.6) is 0 Å². The Balaban J connectivity index is 3.82. The van der Waals surface area contributed by atoms with Crippen molar-refractivity contribution >= 4 is 11.9 Å². The fourth-order valence-corrected chi connectivity index (χ4v) is 1.70. The topological polar surface area (TPSA) is 64.6 Å². The average Bonchev–Trinajstić information content (AvgIpc) is 2.25. The van der Waals surface area contributed by atoms with Crippen molar-refractivity contribution in [2.75, 3.05) is 13.2 Å². The van der Waals surface area contributed by atoms with E-state index in [1.54, 1.807) is 6.92 Å². The first-order chi connectivity index (χ1) is 8.85. The Morgan fingerprint density at radius 2 is 1.74 bits per heavy atom. The molecular weight excluding hydrogens is 246 g/mol. The molecule has 0 bridgehead atoms. The number of rotatable bonds is 9. The fraction of sp³-hybridized carbons (Fsp3) is 0.857. The lowest BCUT2D eigenvalue weighted by Crippen LogP contribution is -2.35. The number of ether oxygens (including phenoxy) is 2. The number of hydrogen-bond acceptors (Lipinski definition) is 5. The Morgan fingerprint density at radius 1 is 1.11 bits per heavy atom. The van der Waals surface area contributed by atoms with Crippen LogP contribution < -0.4 is 5.32 Å². The lowest BCUT2D eigenvalue weighted by molar-refractivity contribution is -0.150. The summed E-state index contributed by atoms with van der Waals surface area (Å²) in [5.41, 5.74) is 0. The van der Waals surface area contributed by atoms with Crippen LogP contribution in [0.15, 0.2) is 0 Å². The molecular formula is C14H27NO4. The minimum atomic E-state index is -0.265. The highest BCUT2D eigenvalue weighted by molar-refractivity contribution is 5.71. The van der Waals surface area contributed by atoms with E-state index in [4.69, 9.17) is 9.47 Å². The molecule has 0 aromatic heterocycles. The molecule has 0 saturated heterocycles. The summed E-state index contributed by atoms with van der Waals surface area (Å²) in [6.07, 6.45) is 0.953. The Hall–Kier alpha value is -1.10. The molecule has 1 N–H and O–H groups in total. The van der Waals surface area contributed by atoms with Gasteiger partial charge in [0.25, 0.3) is 0 Å². The van der Waals surface area contributed by atoms with E-state index in [0.717, 1.165) is 0 Å².